The maximum atomic E-state index is 12.6. The van der Waals surface area contributed by atoms with E-state index >= 15 is 0 Å². The number of amides is 2. The van der Waals surface area contributed by atoms with Crippen LogP contribution in [0.1, 0.15) is 28.8 Å². The van der Waals surface area contributed by atoms with Crippen molar-refractivity contribution in [2.45, 2.75) is 38.3 Å². The molecular formula is C20H18F3N5O4. The van der Waals surface area contributed by atoms with Crippen molar-refractivity contribution in [2.24, 2.45) is 0 Å². The van der Waals surface area contributed by atoms with Crippen molar-refractivity contribution in [3.63, 3.8) is 0 Å². The fourth-order valence-electron chi connectivity index (χ4n) is 3.45. The van der Waals surface area contributed by atoms with Gasteiger partial charge < -0.3 is 15.4 Å². The number of pyridine rings is 1. The Labute approximate surface area is 178 Å². The Balaban J connectivity index is 1.48. The quantitative estimate of drug-likeness (QED) is 0.595. The van der Waals surface area contributed by atoms with Crippen molar-refractivity contribution in [3.05, 3.63) is 64.2 Å². The third-order valence-corrected chi connectivity index (χ3v) is 4.96. The van der Waals surface area contributed by atoms with Crippen LogP contribution in [0.4, 0.5) is 13.2 Å². The van der Waals surface area contributed by atoms with E-state index in [1.165, 1.54) is 45.6 Å². The minimum Gasteiger partial charge on any atom is -0.405 e. The van der Waals surface area contributed by atoms with Gasteiger partial charge in [-0.3, -0.25) is 9.59 Å². The Morgan fingerprint density at radius 3 is 2.72 bits per heavy atom. The third kappa shape index (κ3) is 4.74. The molecule has 2 N–H and O–H groups in total. The second-order valence-electron chi connectivity index (χ2n) is 7.25. The van der Waals surface area contributed by atoms with Crippen LogP contribution in [0.5, 0.6) is 5.75 Å². The van der Waals surface area contributed by atoms with Crippen LogP contribution in [0.2, 0.25) is 0 Å². The van der Waals surface area contributed by atoms with Gasteiger partial charge in [-0.25, -0.2) is 13.9 Å². The first-order valence-corrected chi connectivity index (χ1v) is 9.70. The molecule has 0 bridgehead atoms. The summed E-state index contributed by atoms with van der Waals surface area (Å²) >= 11 is 0. The molecule has 0 spiro atoms. The van der Waals surface area contributed by atoms with Crippen molar-refractivity contribution in [2.75, 3.05) is 0 Å². The van der Waals surface area contributed by atoms with Crippen LogP contribution >= 0.6 is 0 Å². The van der Waals surface area contributed by atoms with Gasteiger partial charge >= 0.3 is 12.1 Å². The van der Waals surface area contributed by atoms with Crippen molar-refractivity contribution in [1.29, 1.82) is 0 Å². The maximum absolute atomic E-state index is 12.6. The average Bonchev–Trinajstić information content (AvgIpc) is 3.28. The number of nitrogens with one attached hydrogen (secondary N) is 2. The number of fused-ring (bicyclic) bond motifs is 1. The summed E-state index contributed by atoms with van der Waals surface area (Å²) in [7, 11) is 0. The Kier molecular flexibility index (Phi) is 5.59. The largest absolute Gasteiger partial charge is 0.573 e. The highest BCUT2D eigenvalue weighted by Crippen LogP contribution is 2.26. The van der Waals surface area contributed by atoms with Gasteiger partial charge in [-0.2, -0.15) is 0 Å². The first-order valence-electron chi connectivity index (χ1n) is 9.70. The SMILES string of the molecule is O=C1CC[C@@H](Cn2nc3ccc(C(=O)NCc4ccccc4OC(F)(F)F)cn3c2=O)N1. The molecule has 12 heteroatoms. The van der Waals surface area contributed by atoms with E-state index in [1.807, 2.05) is 0 Å². The van der Waals surface area contributed by atoms with E-state index in [1.54, 1.807) is 0 Å². The number of nitrogens with zero attached hydrogens (tertiary/aromatic N) is 3. The molecule has 2 amide bonds. The highest BCUT2D eigenvalue weighted by Gasteiger charge is 2.32. The molecule has 0 aliphatic carbocycles. The standard InChI is InChI=1S/C20H18F3N5O4/c21-20(22,23)32-15-4-2-1-3-12(15)9-24-18(30)13-5-7-16-26-28(19(31)27(16)10-13)11-14-6-8-17(29)25-14/h1-5,7,10,14H,6,8-9,11H2,(H,24,30)(H,25,29)/t14-/m0/s1. The fraction of sp³-hybridized carbons (Fsp3) is 0.300. The third-order valence-electron chi connectivity index (χ3n) is 4.96. The molecule has 168 valence electrons. The maximum Gasteiger partial charge on any atom is 0.573 e. The van der Waals surface area contributed by atoms with E-state index in [-0.39, 0.29) is 36.2 Å². The zero-order valence-electron chi connectivity index (χ0n) is 16.6. The summed E-state index contributed by atoms with van der Waals surface area (Å²) in [4.78, 5) is 36.5. The lowest BCUT2D eigenvalue weighted by Crippen LogP contribution is -2.34. The number of para-hydroxylation sites is 1. The van der Waals surface area contributed by atoms with Crippen LogP contribution in [-0.2, 0) is 17.9 Å². The van der Waals surface area contributed by atoms with Gasteiger partial charge in [0.2, 0.25) is 5.91 Å². The highest BCUT2D eigenvalue weighted by atomic mass is 19.4. The lowest BCUT2D eigenvalue weighted by molar-refractivity contribution is -0.274. The summed E-state index contributed by atoms with van der Waals surface area (Å²) in [5.41, 5.74) is 0.116. The monoisotopic (exact) mass is 449 g/mol. The minimum absolute atomic E-state index is 0.0759. The molecule has 32 heavy (non-hydrogen) atoms. The molecule has 0 radical (unpaired) electrons. The summed E-state index contributed by atoms with van der Waals surface area (Å²) < 4.78 is 44.0. The topological polar surface area (TPSA) is 107 Å². The molecule has 0 unspecified atom stereocenters. The van der Waals surface area contributed by atoms with E-state index in [2.05, 4.69) is 20.5 Å². The molecule has 1 atom stereocenters. The van der Waals surface area contributed by atoms with Crippen LogP contribution in [-0.4, -0.2) is 38.4 Å². The fourth-order valence-corrected chi connectivity index (χ4v) is 3.45. The van der Waals surface area contributed by atoms with Gasteiger partial charge in [-0.05, 0) is 24.6 Å². The van der Waals surface area contributed by atoms with Gasteiger partial charge in [-0.1, -0.05) is 18.2 Å². The molecule has 0 saturated carbocycles. The number of carbonyl (C=O) groups is 2. The van der Waals surface area contributed by atoms with Crippen molar-refractivity contribution in [3.8, 4) is 5.75 Å². The molecule has 1 aliphatic rings. The average molecular weight is 449 g/mol. The molecule has 3 heterocycles. The first kappa shape index (κ1) is 21.4. The van der Waals surface area contributed by atoms with Crippen LogP contribution in [0.15, 0.2) is 47.4 Å². The van der Waals surface area contributed by atoms with Gasteiger partial charge in [0, 0.05) is 30.8 Å². The lowest BCUT2D eigenvalue weighted by atomic mass is 10.2. The van der Waals surface area contributed by atoms with Crippen molar-refractivity contribution < 1.29 is 27.5 Å². The summed E-state index contributed by atoms with van der Waals surface area (Å²) in [6, 6.07) is 8.23. The Bertz CT molecular complexity index is 1230. The number of ether oxygens (including phenoxy) is 1. The summed E-state index contributed by atoms with van der Waals surface area (Å²) in [6.07, 6.45) is -2.55. The molecule has 1 aliphatic heterocycles. The van der Waals surface area contributed by atoms with Crippen LogP contribution in [0, 0.1) is 0 Å². The second-order valence-corrected chi connectivity index (χ2v) is 7.25. The number of rotatable bonds is 6. The molecule has 4 rings (SSSR count). The van der Waals surface area contributed by atoms with E-state index in [9.17, 15) is 27.6 Å². The number of hydrogen-bond acceptors (Lipinski definition) is 5. The predicted molar refractivity (Wildman–Crippen MR) is 105 cm³/mol. The zero-order valence-corrected chi connectivity index (χ0v) is 16.6. The zero-order chi connectivity index (χ0) is 22.9. The molecule has 2 aromatic heterocycles. The van der Waals surface area contributed by atoms with Crippen molar-refractivity contribution >= 4 is 17.5 Å². The first-order chi connectivity index (χ1) is 15.2. The Hall–Kier alpha value is -3.83. The second kappa shape index (κ2) is 8.36. The van der Waals surface area contributed by atoms with Crippen molar-refractivity contribution in [1.82, 2.24) is 24.8 Å². The number of alkyl halides is 3. The Morgan fingerprint density at radius 1 is 1.22 bits per heavy atom. The highest BCUT2D eigenvalue weighted by molar-refractivity contribution is 5.94. The van der Waals surface area contributed by atoms with Crippen LogP contribution in [0.3, 0.4) is 0 Å². The molecule has 3 aromatic rings. The van der Waals surface area contributed by atoms with Gasteiger partial charge in [0.25, 0.3) is 5.91 Å². The van der Waals surface area contributed by atoms with E-state index in [4.69, 9.17) is 0 Å². The minimum atomic E-state index is -4.85. The number of carbonyl (C=O) groups excluding carboxylic acids is 2. The smallest absolute Gasteiger partial charge is 0.405 e. The summed E-state index contributed by atoms with van der Waals surface area (Å²) in [5.74, 6) is -1.07. The summed E-state index contributed by atoms with van der Waals surface area (Å²) in [5, 5.41) is 9.48. The predicted octanol–water partition coefficient (Wildman–Crippen LogP) is 1.60. The van der Waals surface area contributed by atoms with E-state index in [0.717, 1.165) is 6.07 Å². The lowest BCUT2D eigenvalue weighted by Gasteiger charge is -2.13. The van der Waals surface area contributed by atoms with Crippen LogP contribution in [0.25, 0.3) is 5.65 Å². The molecule has 9 nitrogen and oxygen atoms in total. The number of halogens is 3. The Morgan fingerprint density at radius 2 is 2.00 bits per heavy atom. The van der Waals surface area contributed by atoms with Gasteiger partial charge in [0.15, 0.2) is 5.65 Å². The number of hydrogen-bond donors (Lipinski definition) is 2. The van der Waals surface area contributed by atoms with E-state index < -0.39 is 23.7 Å². The van der Waals surface area contributed by atoms with Gasteiger partial charge in [-0.15, -0.1) is 18.3 Å². The molecule has 1 saturated heterocycles. The molecule has 1 fully saturated rings. The molecular weight excluding hydrogens is 431 g/mol. The molecule has 1 aromatic carbocycles. The normalized spacial score (nSPS) is 16.2. The van der Waals surface area contributed by atoms with Gasteiger partial charge in [0.1, 0.15) is 5.75 Å². The summed E-state index contributed by atoms with van der Waals surface area (Å²) in [6.45, 7) is 0.00242. The number of aromatic nitrogens is 3. The number of benzene rings is 1. The van der Waals surface area contributed by atoms with Gasteiger partial charge in [0.05, 0.1) is 12.1 Å². The van der Waals surface area contributed by atoms with Crippen LogP contribution < -0.4 is 21.1 Å². The van der Waals surface area contributed by atoms with E-state index in [0.29, 0.717) is 18.5 Å².